The molecule has 0 aromatic carbocycles. The molecule has 1 saturated heterocycles. The molecule has 1 aliphatic rings. The van der Waals surface area contributed by atoms with E-state index in [1.54, 1.807) is 27.8 Å². The van der Waals surface area contributed by atoms with Crippen LogP contribution in [0.15, 0.2) is 36.9 Å². The first kappa shape index (κ1) is 22.3. The van der Waals surface area contributed by atoms with Crippen LogP contribution in [0, 0.1) is 11.3 Å². The van der Waals surface area contributed by atoms with Crippen LogP contribution in [0.25, 0.3) is 28.1 Å². The van der Waals surface area contributed by atoms with E-state index in [0.717, 1.165) is 29.5 Å². The first-order valence-corrected chi connectivity index (χ1v) is 11.3. The fourth-order valence-corrected chi connectivity index (χ4v) is 4.35. The molecule has 12 nitrogen and oxygen atoms in total. The molecule has 1 atom stereocenters. The minimum Gasteiger partial charge on any atom is -0.465 e. The Morgan fingerprint density at radius 3 is 2.91 bits per heavy atom. The summed E-state index contributed by atoms with van der Waals surface area (Å²) >= 11 is 0. The summed E-state index contributed by atoms with van der Waals surface area (Å²) in [6.07, 6.45) is 7.44. The van der Waals surface area contributed by atoms with E-state index in [0.29, 0.717) is 35.8 Å². The molecule has 1 fully saturated rings. The largest absolute Gasteiger partial charge is 0.465 e. The second-order valence-corrected chi connectivity index (χ2v) is 8.79. The van der Waals surface area contributed by atoms with Gasteiger partial charge >= 0.3 is 6.09 Å². The maximum absolute atomic E-state index is 11.5. The molecule has 0 bridgehead atoms. The molecule has 0 spiro atoms. The average Bonchev–Trinajstić information content (AvgIpc) is 3.58. The van der Waals surface area contributed by atoms with Gasteiger partial charge in [-0.3, -0.25) is 0 Å². The number of pyridine rings is 2. The van der Waals surface area contributed by atoms with Crippen LogP contribution in [0.1, 0.15) is 32.3 Å². The fourth-order valence-electron chi connectivity index (χ4n) is 4.35. The van der Waals surface area contributed by atoms with Gasteiger partial charge < -0.3 is 15.3 Å². The first-order chi connectivity index (χ1) is 16.9. The highest BCUT2D eigenvalue weighted by Crippen LogP contribution is 2.29. The molecule has 5 rings (SSSR count). The minimum absolute atomic E-state index is 0.113. The number of nitriles is 1. The third kappa shape index (κ3) is 4.35. The van der Waals surface area contributed by atoms with Crippen LogP contribution in [0.5, 0.6) is 0 Å². The molecule has 1 amide bonds. The number of aromatic nitrogens is 7. The maximum Gasteiger partial charge on any atom is 0.407 e. The van der Waals surface area contributed by atoms with E-state index >= 15 is 0 Å². The molecule has 0 unspecified atom stereocenters. The third-order valence-corrected chi connectivity index (χ3v) is 5.92. The molecule has 0 aliphatic carbocycles. The van der Waals surface area contributed by atoms with Crippen molar-refractivity contribution in [2.75, 3.05) is 11.9 Å². The Morgan fingerprint density at radius 1 is 1.29 bits per heavy atom. The van der Waals surface area contributed by atoms with Crippen LogP contribution >= 0.6 is 0 Å². The second-order valence-electron chi connectivity index (χ2n) is 8.79. The van der Waals surface area contributed by atoms with E-state index in [-0.39, 0.29) is 12.1 Å². The Labute approximate surface area is 200 Å². The van der Waals surface area contributed by atoms with Crippen molar-refractivity contribution < 1.29 is 9.90 Å². The van der Waals surface area contributed by atoms with Gasteiger partial charge in [0.05, 0.1) is 30.5 Å². The van der Waals surface area contributed by atoms with Gasteiger partial charge in [0.1, 0.15) is 11.8 Å². The average molecular weight is 473 g/mol. The van der Waals surface area contributed by atoms with Crippen molar-refractivity contribution >= 4 is 22.8 Å². The molecule has 2 N–H and O–H groups in total. The van der Waals surface area contributed by atoms with Crippen LogP contribution in [-0.2, 0) is 6.54 Å². The summed E-state index contributed by atoms with van der Waals surface area (Å²) in [6, 6.07) is 5.73. The molecule has 12 heteroatoms. The van der Waals surface area contributed by atoms with Crippen LogP contribution in [0.3, 0.4) is 0 Å². The molecular formula is C23H24N10O2. The molecule has 0 radical (unpaired) electrons. The molecular weight excluding hydrogens is 448 g/mol. The van der Waals surface area contributed by atoms with Gasteiger partial charge in [-0.05, 0) is 32.8 Å². The van der Waals surface area contributed by atoms with Crippen molar-refractivity contribution in [3.05, 3.63) is 42.5 Å². The van der Waals surface area contributed by atoms with E-state index in [1.807, 2.05) is 26.1 Å². The van der Waals surface area contributed by atoms with Gasteiger partial charge in [-0.1, -0.05) is 5.21 Å². The van der Waals surface area contributed by atoms with Gasteiger partial charge in [-0.25, -0.2) is 19.4 Å². The first-order valence-electron chi connectivity index (χ1n) is 11.3. The molecule has 0 saturated carbocycles. The number of nitrogens with one attached hydrogen (secondary N) is 1. The van der Waals surface area contributed by atoms with E-state index in [2.05, 4.69) is 36.8 Å². The van der Waals surface area contributed by atoms with Crippen molar-refractivity contribution in [3.8, 4) is 23.1 Å². The standard InChI is InChI=1S/C23H24N10O2/c1-14(2)28-19-7-21(33-22-16(10-27-33)6-15(8-24)9-26-22)25-11-18(19)20-13-31(30-29-20)12-17-4-3-5-32(17)23(34)35/h6-7,9-11,13-14,17H,3-5,12H2,1-2H3,(H,25,28)(H,34,35)/t17-/m1/s1. The van der Waals surface area contributed by atoms with Crippen LogP contribution in [-0.4, -0.2) is 69.5 Å². The zero-order valence-electron chi connectivity index (χ0n) is 19.3. The summed E-state index contributed by atoms with van der Waals surface area (Å²) in [4.78, 5) is 21.9. The van der Waals surface area contributed by atoms with Gasteiger partial charge in [-0.15, -0.1) is 5.10 Å². The quantitative estimate of drug-likeness (QED) is 0.431. The predicted molar refractivity (Wildman–Crippen MR) is 127 cm³/mol. The highest BCUT2D eigenvalue weighted by atomic mass is 16.4. The zero-order valence-corrected chi connectivity index (χ0v) is 19.3. The molecule has 4 aromatic heterocycles. The summed E-state index contributed by atoms with van der Waals surface area (Å²) in [5.74, 6) is 0.569. The Hall–Kier alpha value is -4.53. The lowest BCUT2D eigenvalue weighted by molar-refractivity contribution is 0.135. The van der Waals surface area contributed by atoms with Crippen molar-refractivity contribution in [3.63, 3.8) is 0 Å². The SMILES string of the molecule is CC(C)Nc1cc(-n2ncc3cc(C#N)cnc32)ncc1-c1cn(C[C@H]2CCCN2C(=O)O)nn1. The molecule has 1 aliphatic heterocycles. The highest BCUT2D eigenvalue weighted by molar-refractivity contribution is 5.79. The van der Waals surface area contributed by atoms with Gasteiger partial charge in [-0.2, -0.15) is 15.0 Å². The lowest BCUT2D eigenvalue weighted by atomic mass is 10.1. The van der Waals surface area contributed by atoms with E-state index in [4.69, 9.17) is 5.26 Å². The lowest BCUT2D eigenvalue weighted by Crippen LogP contribution is -2.37. The highest BCUT2D eigenvalue weighted by Gasteiger charge is 2.29. The van der Waals surface area contributed by atoms with Crippen molar-refractivity contribution in [2.45, 2.75) is 45.3 Å². The fraction of sp³-hybridized carbons (Fsp3) is 0.348. The Morgan fingerprint density at radius 2 is 2.14 bits per heavy atom. The summed E-state index contributed by atoms with van der Waals surface area (Å²) in [7, 11) is 0. The summed E-state index contributed by atoms with van der Waals surface area (Å²) in [6.45, 7) is 5.07. The predicted octanol–water partition coefficient (Wildman–Crippen LogP) is 2.91. The minimum atomic E-state index is -0.902. The van der Waals surface area contributed by atoms with Gasteiger partial charge in [0.25, 0.3) is 0 Å². The summed E-state index contributed by atoms with van der Waals surface area (Å²) in [5.41, 5.74) is 3.28. The summed E-state index contributed by atoms with van der Waals surface area (Å²) < 4.78 is 3.31. The number of likely N-dealkylation sites (tertiary alicyclic amines) is 1. The smallest absolute Gasteiger partial charge is 0.407 e. The topological polar surface area (TPSA) is 151 Å². The number of rotatable bonds is 6. The van der Waals surface area contributed by atoms with Gasteiger partial charge in [0, 0.05) is 47.7 Å². The number of carboxylic acid groups (broad SMARTS) is 1. The number of fused-ring (bicyclic) bond motifs is 1. The van der Waals surface area contributed by atoms with Crippen molar-refractivity contribution in [1.29, 1.82) is 5.26 Å². The Bertz CT molecular complexity index is 1430. The number of carbonyl (C=O) groups is 1. The molecule has 35 heavy (non-hydrogen) atoms. The number of nitrogens with zero attached hydrogens (tertiary/aromatic N) is 9. The molecule has 5 heterocycles. The lowest BCUT2D eigenvalue weighted by Gasteiger charge is -2.20. The van der Waals surface area contributed by atoms with Gasteiger partial charge in [0.2, 0.25) is 0 Å². The van der Waals surface area contributed by atoms with E-state index in [9.17, 15) is 9.90 Å². The zero-order chi connectivity index (χ0) is 24.5. The second kappa shape index (κ2) is 9.02. The van der Waals surface area contributed by atoms with Crippen LogP contribution in [0.4, 0.5) is 10.5 Å². The Balaban J connectivity index is 1.47. The van der Waals surface area contributed by atoms with Gasteiger partial charge in [0.15, 0.2) is 11.5 Å². The summed E-state index contributed by atoms with van der Waals surface area (Å²) in [5, 5.41) is 35.7. The van der Waals surface area contributed by atoms with Crippen LogP contribution < -0.4 is 5.32 Å². The maximum atomic E-state index is 11.5. The number of hydrogen-bond donors (Lipinski definition) is 2. The molecule has 4 aromatic rings. The van der Waals surface area contributed by atoms with Crippen molar-refractivity contribution in [1.82, 2.24) is 39.6 Å². The number of hydrogen-bond acceptors (Lipinski definition) is 8. The molecule has 178 valence electrons. The van der Waals surface area contributed by atoms with E-state index < -0.39 is 6.09 Å². The van der Waals surface area contributed by atoms with Crippen molar-refractivity contribution in [2.24, 2.45) is 0 Å². The Kier molecular flexibility index (Phi) is 5.74. The third-order valence-electron chi connectivity index (χ3n) is 5.92. The number of amides is 1. The monoisotopic (exact) mass is 472 g/mol. The van der Waals surface area contributed by atoms with Crippen LogP contribution in [0.2, 0.25) is 0 Å². The van der Waals surface area contributed by atoms with E-state index in [1.165, 1.54) is 11.1 Å². The normalized spacial score (nSPS) is 15.6. The number of anilines is 1.